The number of aromatic hydroxyl groups is 1. The molecular formula is C10H12O3S. The van der Waals surface area contributed by atoms with E-state index in [1.165, 1.54) is 7.11 Å². The third kappa shape index (κ3) is 2.42. The van der Waals surface area contributed by atoms with Crippen molar-refractivity contribution in [3.05, 3.63) is 23.8 Å². The van der Waals surface area contributed by atoms with Crippen molar-refractivity contribution in [1.29, 1.82) is 0 Å². The van der Waals surface area contributed by atoms with Crippen molar-refractivity contribution in [1.82, 2.24) is 0 Å². The first-order valence-electron chi connectivity index (χ1n) is 4.23. The first-order chi connectivity index (χ1) is 6.69. The Morgan fingerprint density at radius 2 is 2.29 bits per heavy atom. The summed E-state index contributed by atoms with van der Waals surface area (Å²) in [5.74, 6) is 0.377. The Bertz CT molecular complexity index is 336. The number of benzene rings is 1. The summed E-state index contributed by atoms with van der Waals surface area (Å²) in [5, 5.41) is 9.51. The molecule has 0 spiro atoms. The maximum absolute atomic E-state index is 11.1. The zero-order valence-corrected chi connectivity index (χ0v) is 8.93. The summed E-state index contributed by atoms with van der Waals surface area (Å²) < 4.78 is 4.51. The number of ether oxygens (including phenoxy) is 1. The Kier molecular flexibility index (Phi) is 3.83. The van der Waals surface area contributed by atoms with Gasteiger partial charge in [0.25, 0.3) is 0 Å². The highest BCUT2D eigenvalue weighted by Crippen LogP contribution is 2.25. The third-order valence-electron chi connectivity index (χ3n) is 1.69. The predicted molar refractivity (Wildman–Crippen MR) is 55.8 cm³/mol. The van der Waals surface area contributed by atoms with Crippen LogP contribution >= 0.6 is 11.8 Å². The standard InChI is InChI=1S/C10H12O3S/c1-3-14-7-4-5-8(9(11)6-7)10(12)13-2/h4-6,11H,3H2,1-2H3. The molecule has 4 heteroatoms. The molecule has 1 aromatic rings. The Morgan fingerprint density at radius 1 is 1.57 bits per heavy atom. The highest BCUT2D eigenvalue weighted by molar-refractivity contribution is 7.99. The van der Waals surface area contributed by atoms with E-state index in [4.69, 9.17) is 0 Å². The van der Waals surface area contributed by atoms with Gasteiger partial charge < -0.3 is 9.84 Å². The minimum Gasteiger partial charge on any atom is -0.507 e. The quantitative estimate of drug-likeness (QED) is 0.617. The van der Waals surface area contributed by atoms with Gasteiger partial charge in [-0.15, -0.1) is 11.8 Å². The topological polar surface area (TPSA) is 46.5 Å². The highest BCUT2D eigenvalue weighted by atomic mass is 32.2. The molecule has 0 aliphatic carbocycles. The van der Waals surface area contributed by atoms with Gasteiger partial charge in [0, 0.05) is 4.90 Å². The minimum absolute atomic E-state index is 0.0321. The number of carbonyl (C=O) groups is 1. The van der Waals surface area contributed by atoms with Crippen molar-refractivity contribution in [3.8, 4) is 5.75 Å². The minimum atomic E-state index is -0.518. The maximum Gasteiger partial charge on any atom is 0.341 e. The van der Waals surface area contributed by atoms with Gasteiger partial charge in [0.1, 0.15) is 11.3 Å². The van der Waals surface area contributed by atoms with Crippen molar-refractivity contribution in [2.45, 2.75) is 11.8 Å². The van der Waals surface area contributed by atoms with Gasteiger partial charge in [-0.2, -0.15) is 0 Å². The van der Waals surface area contributed by atoms with Crippen LogP contribution in [0.1, 0.15) is 17.3 Å². The first-order valence-corrected chi connectivity index (χ1v) is 5.21. The molecule has 0 aliphatic rings. The molecule has 0 atom stereocenters. The maximum atomic E-state index is 11.1. The molecule has 0 saturated heterocycles. The van der Waals surface area contributed by atoms with Gasteiger partial charge in [-0.3, -0.25) is 0 Å². The third-order valence-corrected chi connectivity index (χ3v) is 2.56. The largest absolute Gasteiger partial charge is 0.507 e. The van der Waals surface area contributed by atoms with Crippen LogP contribution in [-0.2, 0) is 4.74 Å². The zero-order valence-electron chi connectivity index (χ0n) is 8.11. The fourth-order valence-electron chi connectivity index (χ4n) is 1.05. The molecule has 0 amide bonds. The molecule has 0 heterocycles. The molecule has 0 bridgehead atoms. The van der Waals surface area contributed by atoms with Crippen molar-refractivity contribution in [2.75, 3.05) is 12.9 Å². The van der Waals surface area contributed by atoms with E-state index in [0.717, 1.165) is 10.6 Å². The summed E-state index contributed by atoms with van der Waals surface area (Å²) in [6.45, 7) is 2.02. The van der Waals surface area contributed by atoms with Gasteiger partial charge in [0.15, 0.2) is 0 Å². The number of hydrogen-bond donors (Lipinski definition) is 1. The van der Waals surface area contributed by atoms with Gasteiger partial charge in [-0.05, 0) is 24.0 Å². The summed E-state index contributed by atoms with van der Waals surface area (Å²) in [6.07, 6.45) is 0. The molecule has 1 N–H and O–H groups in total. The highest BCUT2D eigenvalue weighted by Gasteiger charge is 2.11. The van der Waals surface area contributed by atoms with Crippen LogP contribution in [0, 0.1) is 0 Å². The average Bonchev–Trinajstić information content (AvgIpc) is 2.17. The van der Waals surface area contributed by atoms with Crippen molar-refractivity contribution >= 4 is 17.7 Å². The van der Waals surface area contributed by atoms with E-state index in [0.29, 0.717) is 0 Å². The van der Waals surface area contributed by atoms with Crippen LogP contribution in [0.15, 0.2) is 23.1 Å². The molecule has 1 aromatic carbocycles. The van der Waals surface area contributed by atoms with Crippen LogP contribution in [0.4, 0.5) is 0 Å². The predicted octanol–water partition coefficient (Wildman–Crippen LogP) is 2.29. The van der Waals surface area contributed by atoms with E-state index in [2.05, 4.69) is 4.74 Å². The van der Waals surface area contributed by atoms with E-state index >= 15 is 0 Å². The van der Waals surface area contributed by atoms with Crippen LogP contribution < -0.4 is 0 Å². The molecule has 0 saturated carbocycles. The number of rotatable bonds is 3. The Morgan fingerprint density at radius 3 is 2.79 bits per heavy atom. The summed E-state index contributed by atoms with van der Waals surface area (Å²) in [5.41, 5.74) is 0.202. The number of methoxy groups -OCH3 is 1. The Hall–Kier alpha value is -1.16. The summed E-state index contributed by atoms with van der Waals surface area (Å²) in [4.78, 5) is 12.1. The zero-order chi connectivity index (χ0) is 10.6. The molecule has 0 unspecified atom stereocenters. The molecule has 0 fully saturated rings. The monoisotopic (exact) mass is 212 g/mol. The number of thioether (sulfide) groups is 1. The molecule has 14 heavy (non-hydrogen) atoms. The fourth-order valence-corrected chi connectivity index (χ4v) is 1.74. The van der Waals surface area contributed by atoms with Crippen LogP contribution in [0.3, 0.4) is 0 Å². The van der Waals surface area contributed by atoms with Crippen LogP contribution in [0.2, 0.25) is 0 Å². The molecule has 0 aromatic heterocycles. The molecule has 0 radical (unpaired) electrons. The smallest absolute Gasteiger partial charge is 0.341 e. The fraction of sp³-hybridized carbons (Fsp3) is 0.300. The van der Waals surface area contributed by atoms with E-state index in [1.807, 2.05) is 6.92 Å². The van der Waals surface area contributed by atoms with Crippen LogP contribution in [-0.4, -0.2) is 23.9 Å². The van der Waals surface area contributed by atoms with Gasteiger partial charge in [0.05, 0.1) is 7.11 Å². The van der Waals surface area contributed by atoms with Gasteiger partial charge >= 0.3 is 5.97 Å². The van der Waals surface area contributed by atoms with Crippen molar-refractivity contribution in [3.63, 3.8) is 0 Å². The summed E-state index contributed by atoms with van der Waals surface area (Å²) in [7, 11) is 1.29. The lowest BCUT2D eigenvalue weighted by Crippen LogP contribution is -2.01. The van der Waals surface area contributed by atoms with Gasteiger partial charge in [-0.25, -0.2) is 4.79 Å². The molecule has 1 rings (SSSR count). The molecule has 3 nitrogen and oxygen atoms in total. The summed E-state index contributed by atoms with van der Waals surface area (Å²) in [6, 6.07) is 4.93. The van der Waals surface area contributed by atoms with E-state index in [1.54, 1.807) is 30.0 Å². The van der Waals surface area contributed by atoms with E-state index in [9.17, 15) is 9.90 Å². The Labute approximate surface area is 87.1 Å². The van der Waals surface area contributed by atoms with Gasteiger partial charge in [-0.1, -0.05) is 6.92 Å². The summed E-state index contributed by atoms with van der Waals surface area (Å²) >= 11 is 1.61. The number of carbonyl (C=O) groups excluding carboxylic acids is 1. The average molecular weight is 212 g/mol. The van der Waals surface area contributed by atoms with E-state index in [-0.39, 0.29) is 11.3 Å². The van der Waals surface area contributed by atoms with Crippen molar-refractivity contribution in [2.24, 2.45) is 0 Å². The second-order valence-corrected chi connectivity index (χ2v) is 3.94. The van der Waals surface area contributed by atoms with Crippen LogP contribution in [0.5, 0.6) is 5.75 Å². The lowest BCUT2D eigenvalue weighted by Gasteiger charge is -2.04. The molecule has 0 aliphatic heterocycles. The second-order valence-electron chi connectivity index (χ2n) is 2.60. The molecule has 76 valence electrons. The van der Waals surface area contributed by atoms with Gasteiger partial charge in [0.2, 0.25) is 0 Å². The normalized spacial score (nSPS) is 9.86. The number of esters is 1. The lowest BCUT2D eigenvalue weighted by atomic mass is 10.2. The Balaban J connectivity index is 2.95. The number of phenols is 1. The second kappa shape index (κ2) is 4.91. The number of hydrogen-bond acceptors (Lipinski definition) is 4. The van der Waals surface area contributed by atoms with E-state index < -0.39 is 5.97 Å². The molecular weight excluding hydrogens is 200 g/mol. The first kappa shape index (κ1) is 10.9. The SMILES string of the molecule is CCSc1ccc(C(=O)OC)c(O)c1. The van der Waals surface area contributed by atoms with Crippen LogP contribution in [0.25, 0.3) is 0 Å². The lowest BCUT2D eigenvalue weighted by molar-refractivity contribution is 0.0597. The van der Waals surface area contributed by atoms with Crippen molar-refractivity contribution < 1.29 is 14.6 Å². The number of phenolic OH excluding ortho intramolecular Hbond substituents is 1.